The monoisotopic (exact) mass is 307 g/mol. The zero-order valence-electron chi connectivity index (χ0n) is 12.7. The summed E-state index contributed by atoms with van der Waals surface area (Å²) in [7, 11) is 0. The molecule has 1 aromatic rings. The number of hydrogen-bond donors (Lipinski definition) is 3. The number of piperidine rings is 1. The first-order valence-electron chi connectivity index (χ1n) is 7.17. The van der Waals surface area contributed by atoms with Crippen molar-refractivity contribution in [3.05, 3.63) is 29.6 Å². The Morgan fingerprint density at radius 3 is 2.82 bits per heavy atom. The van der Waals surface area contributed by atoms with Crippen LogP contribution >= 0.6 is 0 Å². The molecule has 0 saturated carbocycles. The molecule has 1 aliphatic rings. The highest BCUT2D eigenvalue weighted by atomic mass is 16.3. The molecule has 1 aliphatic heterocycles. The molecule has 0 bridgehead atoms. The molecule has 120 valence electrons. The quantitative estimate of drug-likeness (QED) is 0.696. The molecule has 7 heteroatoms. The molecule has 2 atom stereocenters. The predicted molar refractivity (Wildman–Crippen MR) is 79.1 cm³/mol. The summed E-state index contributed by atoms with van der Waals surface area (Å²) >= 11 is 0. The predicted octanol–water partition coefficient (Wildman–Crippen LogP) is -0.536. The summed E-state index contributed by atoms with van der Waals surface area (Å²) in [6.45, 7) is 3.49. The average molecular weight is 307 g/mol. The molecule has 1 fully saturated rings. The molecule has 1 saturated heterocycles. The van der Waals surface area contributed by atoms with Crippen LogP contribution in [0.15, 0.2) is 18.5 Å². The Bertz CT molecular complexity index is 578. The number of hydrogen-bond acceptors (Lipinski definition) is 5. The van der Waals surface area contributed by atoms with Gasteiger partial charge in [-0.15, -0.1) is 0 Å². The number of β-amino-alcohol motifs (C(OH)–C–C–N with tert-alkyl or cyclic N) is 1. The Morgan fingerprint density at radius 2 is 2.23 bits per heavy atom. The summed E-state index contributed by atoms with van der Waals surface area (Å²) in [4.78, 5) is 28.8. The van der Waals surface area contributed by atoms with Gasteiger partial charge >= 0.3 is 0 Å². The SMILES string of the molecule is CC(=O)NC[C@]1(O)CCN(C(=O)c2cncc(C)c2)C[C@H]1O. The minimum absolute atomic E-state index is 0.0167. The van der Waals surface area contributed by atoms with Crippen LogP contribution in [0.3, 0.4) is 0 Å². The molecule has 0 radical (unpaired) electrons. The van der Waals surface area contributed by atoms with Crippen molar-refractivity contribution in [2.24, 2.45) is 0 Å². The topological polar surface area (TPSA) is 103 Å². The second-order valence-electron chi connectivity index (χ2n) is 5.78. The molecule has 2 heterocycles. The van der Waals surface area contributed by atoms with Gasteiger partial charge in [-0.05, 0) is 25.0 Å². The van der Waals surface area contributed by atoms with E-state index in [4.69, 9.17) is 0 Å². The number of likely N-dealkylation sites (tertiary alicyclic amines) is 1. The van der Waals surface area contributed by atoms with Crippen LogP contribution in [0.2, 0.25) is 0 Å². The Hall–Kier alpha value is -1.99. The van der Waals surface area contributed by atoms with E-state index in [9.17, 15) is 19.8 Å². The lowest BCUT2D eigenvalue weighted by atomic mass is 9.88. The first-order valence-corrected chi connectivity index (χ1v) is 7.17. The zero-order valence-corrected chi connectivity index (χ0v) is 12.7. The molecule has 0 aliphatic carbocycles. The van der Waals surface area contributed by atoms with Gasteiger partial charge in [0.2, 0.25) is 5.91 Å². The van der Waals surface area contributed by atoms with E-state index in [2.05, 4.69) is 10.3 Å². The Kier molecular flexibility index (Phi) is 4.77. The molecule has 0 spiro atoms. The van der Waals surface area contributed by atoms with Gasteiger partial charge in [-0.2, -0.15) is 0 Å². The molecule has 0 aromatic carbocycles. The van der Waals surface area contributed by atoms with Gasteiger partial charge in [0.15, 0.2) is 0 Å². The van der Waals surface area contributed by atoms with E-state index in [-0.39, 0.29) is 31.3 Å². The van der Waals surface area contributed by atoms with Crippen molar-refractivity contribution in [2.75, 3.05) is 19.6 Å². The highest BCUT2D eigenvalue weighted by molar-refractivity contribution is 5.94. The molecule has 2 amide bonds. The third kappa shape index (κ3) is 3.61. The lowest BCUT2D eigenvalue weighted by molar-refractivity contribution is -0.127. The lowest BCUT2D eigenvalue weighted by Crippen LogP contribution is -2.61. The van der Waals surface area contributed by atoms with Crippen LogP contribution < -0.4 is 5.32 Å². The number of aromatic nitrogens is 1. The van der Waals surface area contributed by atoms with Crippen LogP contribution in [0, 0.1) is 6.92 Å². The molecule has 3 N–H and O–H groups in total. The maximum atomic E-state index is 12.4. The van der Waals surface area contributed by atoms with Crippen molar-refractivity contribution in [1.82, 2.24) is 15.2 Å². The second kappa shape index (κ2) is 6.41. The molecule has 2 rings (SSSR count). The van der Waals surface area contributed by atoms with Crippen molar-refractivity contribution >= 4 is 11.8 Å². The van der Waals surface area contributed by atoms with E-state index in [1.807, 2.05) is 6.92 Å². The Morgan fingerprint density at radius 1 is 1.50 bits per heavy atom. The minimum atomic E-state index is -1.41. The summed E-state index contributed by atoms with van der Waals surface area (Å²) in [6, 6.07) is 1.74. The molecular weight excluding hydrogens is 286 g/mol. The second-order valence-corrected chi connectivity index (χ2v) is 5.78. The van der Waals surface area contributed by atoms with Crippen molar-refractivity contribution in [3.8, 4) is 0 Å². The maximum absolute atomic E-state index is 12.4. The van der Waals surface area contributed by atoms with E-state index < -0.39 is 11.7 Å². The van der Waals surface area contributed by atoms with Crippen LogP contribution in [-0.4, -0.2) is 63.3 Å². The van der Waals surface area contributed by atoms with Gasteiger partial charge in [-0.1, -0.05) is 0 Å². The number of nitrogens with one attached hydrogen (secondary N) is 1. The van der Waals surface area contributed by atoms with Crippen molar-refractivity contribution in [3.63, 3.8) is 0 Å². The highest BCUT2D eigenvalue weighted by Crippen LogP contribution is 2.23. The molecular formula is C15H21N3O4. The number of aryl methyl sites for hydroxylation is 1. The summed E-state index contributed by atoms with van der Waals surface area (Å²) in [5, 5.41) is 23.0. The van der Waals surface area contributed by atoms with Crippen molar-refractivity contribution in [1.29, 1.82) is 0 Å². The van der Waals surface area contributed by atoms with Crippen molar-refractivity contribution in [2.45, 2.75) is 32.0 Å². The summed E-state index contributed by atoms with van der Waals surface area (Å²) < 4.78 is 0. The highest BCUT2D eigenvalue weighted by Gasteiger charge is 2.42. The zero-order chi connectivity index (χ0) is 16.3. The van der Waals surface area contributed by atoms with Crippen LogP contribution in [0.5, 0.6) is 0 Å². The van der Waals surface area contributed by atoms with Gasteiger partial charge in [0.05, 0.1) is 5.56 Å². The number of nitrogens with zero attached hydrogens (tertiary/aromatic N) is 2. The number of rotatable bonds is 3. The smallest absolute Gasteiger partial charge is 0.255 e. The normalized spacial score (nSPS) is 24.9. The number of aliphatic hydroxyl groups excluding tert-OH is 1. The average Bonchev–Trinajstić information content (AvgIpc) is 2.47. The fourth-order valence-electron chi connectivity index (χ4n) is 2.49. The van der Waals surface area contributed by atoms with Gasteiger partial charge in [0.1, 0.15) is 11.7 Å². The fourth-order valence-corrected chi connectivity index (χ4v) is 2.49. The third-order valence-electron chi connectivity index (χ3n) is 3.88. The van der Waals surface area contributed by atoms with E-state index in [1.165, 1.54) is 18.0 Å². The van der Waals surface area contributed by atoms with E-state index in [0.29, 0.717) is 12.1 Å². The molecule has 1 aromatic heterocycles. The molecule has 22 heavy (non-hydrogen) atoms. The number of amides is 2. The lowest BCUT2D eigenvalue weighted by Gasteiger charge is -2.42. The standard InChI is InChI=1S/C15H21N3O4/c1-10-5-12(7-16-6-10)14(21)18-4-3-15(22,13(20)8-18)9-17-11(2)19/h5-7,13,20,22H,3-4,8-9H2,1-2H3,(H,17,19)/t13-,15-/m1/s1. The third-order valence-corrected chi connectivity index (χ3v) is 3.88. The minimum Gasteiger partial charge on any atom is -0.388 e. The van der Waals surface area contributed by atoms with Crippen molar-refractivity contribution < 1.29 is 19.8 Å². The number of carbonyl (C=O) groups is 2. The summed E-state index contributed by atoms with van der Waals surface area (Å²) in [5.41, 5.74) is -0.0714. The van der Waals surface area contributed by atoms with Crippen LogP contribution in [0.4, 0.5) is 0 Å². The first kappa shape index (κ1) is 16.4. The maximum Gasteiger partial charge on any atom is 0.255 e. The van der Waals surface area contributed by atoms with Gasteiger partial charge in [0, 0.05) is 39.0 Å². The number of aliphatic hydroxyl groups is 2. The Labute approximate surface area is 129 Å². The first-order chi connectivity index (χ1) is 10.3. The van der Waals surface area contributed by atoms with Gasteiger partial charge in [-0.3, -0.25) is 14.6 Å². The summed E-state index contributed by atoms with van der Waals surface area (Å²) in [6.07, 6.45) is 2.22. The largest absolute Gasteiger partial charge is 0.388 e. The summed E-state index contributed by atoms with van der Waals surface area (Å²) in [5.74, 6) is -0.498. The van der Waals surface area contributed by atoms with E-state index >= 15 is 0 Å². The molecule has 7 nitrogen and oxygen atoms in total. The van der Waals surface area contributed by atoms with Crippen LogP contribution in [0.1, 0.15) is 29.3 Å². The van der Waals surface area contributed by atoms with Gasteiger partial charge in [0.25, 0.3) is 5.91 Å². The van der Waals surface area contributed by atoms with Gasteiger partial charge in [-0.25, -0.2) is 0 Å². The van der Waals surface area contributed by atoms with E-state index in [0.717, 1.165) is 5.56 Å². The van der Waals surface area contributed by atoms with Crippen LogP contribution in [0.25, 0.3) is 0 Å². The fraction of sp³-hybridized carbons (Fsp3) is 0.533. The number of pyridine rings is 1. The van der Waals surface area contributed by atoms with E-state index in [1.54, 1.807) is 12.3 Å². The molecule has 0 unspecified atom stereocenters. The van der Waals surface area contributed by atoms with Crippen LogP contribution in [-0.2, 0) is 4.79 Å². The van der Waals surface area contributed by atoms with Gasteiger partial charge < -0.3 is 20.4 Å². The number of carbonyl (C=O) groups excluding carboxylic acids is 2. The Balaban J connectivity index is 2.03.